The number of carbonyl (C=O) groups is 1. The largest absolute Gasteiger partial charge is 0.481 e. The van der Waals surface area contributed by atoms with E-state index in [0.29, 0.717) is 27.9 Å². The van der Waals surface area contributed by atoms with Gasteiger partial charge < -0.3 is 10.1 Å². The molecule has 3 nitrogen and oxygen atoms in total. The number of hydrogen-bond donors (Lipinski definition) is 1. The van der Waals surface area contributed by atoms with Crippen LogP contribution in [-0.2, 0) is 11.2 Å². The Morgan fingerprint density at radius 3 is 2.35 bits per heavy atom. The summed E-state index contributed by atoms with van der Waals surface area (Å²) in [5.41, 5.74) is 1.82. The monoisotopic (exact) mass is 351 g/mol. The number of rotatable bonds is 6. The maximum atomic E-state index is 12.4. The van der Waals surface area contributed by atoms with Gasteiger partial charge in [0.05, 0.1) is 10.0 Å². The van der Waals surface area contributed by atoms with E-state index in [1.807, 2.05) is 31.2 Å². The van der Waals surface area contributed by atoms with Gasteiger partial charge in [0.25, 0.3) is 5.91 Å². The van der Waals surface area contributed by atoms with Crippen LogP contribution in [0.25, 0.3) is 0 Å². The van der Waals surface area contributed by atoms with E-state index in [1.165, 1.54) is 5.56 Å². The average Bonchev–Trinajstić information content (AvgIpc) is 2.56. The van der Waals surface area contributed by atoms with E-state index < -0.39 is 6.10 Å². The minimum Gasteiger partial charge on any atom is -0.481 e. The van der Waals surface area contributed by atoms with Crippen LogP contribution >= 0.6 is 23.2 Å². The van der Waals surface area contributed by atoms with Crippen molar-refractivity contribution >= 4 is 34.8 Å². The number of aryl methyl sites for hydroxylation is 1. The highest BCUT2D eigenvalue weighted by molar-refractivity contribution is 6.42. The molecule has 0 unspecified atom stereocenters. The molecule has 1 amide bonds. The molecular weight excluding hydrogens is 333 g/mol. The van der Waals surface area contributed by atoms with Gasteiger partial charge in [-0.1, -0.05) is 49.2 Å². The van der Waals surface area contributed by atoms with Gasteiger partial charge in [0.1, 0.15) is 5.75 Å². The van der Waals surface area contributed by atoms with E-state index in [-0.39, 0.29) is 5.91 Å². The van der Waals surface area contributed by atoms with Crippen molar-refractivity contribution < 1.29 is 9.53 Å². The molecule has 0 heterocycles. The van der Waals surface area contributed by atoms with Crippen LogP contribution < -0.4 is 10.1 Å². The summed E-state index contributed by atoms with van der Waals surface area (Å²) in [6, 6.07) is 12.7. The first-order chi connectivity index (χ1) is 11.0. The number of anilines is 1. The number of carbonyl (C=O) groups excluding carboxylic acids is 1. The van der Waals surface area contributed by atoms with Crippen molar-refractivity contribution in [1.29, 1.82) is 0 Å². The maximum Gasteiger partial charge on any atom is 0.265 e. The second-order valence-electron chi connectivity index (χ2n) is 5.13. The minimum absolute atomic E-state index is 0.217. The Bertz CT molecular complexity index is 671. The Balaban J connectivity index is 2.03. The highest BCUT2D eigenvalue weighted by Crippen LogP contribution is 2.25. The summed E-state index contributed by atoms with van der Waals surface area (Å²) in [5, 5.41) is 3.64. The molecule has 0 aliphatic heterocycles. The molecule has 1 N–H and O–H groups in total. The van der Waals surface area contributed by atoms with E-state index in [0.717, 1.165) is 6.42 Å². The van der Waals surface area contributed by atoms with E-state index in [1.54, 1.807) is 18.2 Å². The summed E-state index contributed by atoms with van der Waals surface area (Å²) >= 11 is 11.8. The Morgan fingerprint density at radius 1 is 1.09 bits per heavy atom. The molecule has 0 aliphatic carbocycles. The van der Waals surface area contributed by atoms with Crippen LogP contribution in [0.1, 0.15) is 25.8 Å². The third-order valence-electron chi connectivity index (χ3n) is 3.46. The summed E-state index contributed by atoms with van der Waals surface area (Å²) in [6.07, 6.45) is 0.953. The van der Waals surface area contributed by atoms with E-state index >= 15 is 0 Å². The molecular formula is C18H19Cl2NO2. The Morgan fingerprint density at radius 2 is 1.78 bits per heavy atom. The standard InChI is InChI=1S/C18H19Cl2NO2/c1-3-12-5-8-14(9-6-12)23-17(4-2)18(22)21-13-7-10-15(19)16(20)11-13/h5-11,17H,3-4H2,1-2H3,(H,21,22)/t17-/m0/s1. The molecule has 0 fully saturated rings. The van der Waals surface area contributed by atoms with E-state index in [2.05, 4.69) is 12.2 Å². The molecule has 0 bridgehead atoms. The summed E-state index contributed by atoms with van der Waals surface area (Å²) < 4.78 is 5.78. The third-order valence-corrected chi connectivity index (χ3v) is 4.20. The first-order valence-electron chi connectivity index (χ1n) is 7.55. The molecule has 1 atom stereocenters. The zero-order chi connectivity index (χ0) is 16.8. The van der Waals surface area contributed by atoms with Crippen LogP contribution in [0.5, 0.6) is 5.75 Å². The number of benzene rings is 2. The lowest BCUT2D eigenvalue weighted by molar-refractivity contribution is -0.122. The van der Waals surface area contributed by atoms with Crippen molar-refractivity contribution in [2.75, 3.05) is 5.32 Å². The Hall–Kier alpha value is -1.71. The predicted molar refractivity (Wildman–Crippen MR) is 95.6 cm³/mol. The van der Waals surface area contributed by atoms with Crippen molar-refractivity contribution in [2.45, 2.75) is 32.8 Å². The second-order valence-corrected chi connectivity index (χ2v) is 5.94. The number of hydrogen-bond acceptors (Lipinski definition) is 2. The SMILES string of the molecule is CCc1ccc(O[C@@H](CC)C(=O)Nc2ccc(Cl)c(Cl)c2)cc1. The molecule has 122 valence electrons. The van der Waals surface area contributed by atoms with Gasteiger partial charge in [0.2, 0.25) is 0 Å². The number of amides is 1. The molecule has 2 aromatic carbocycles. The van der Waals surface area contributed by atoms with Gasteiger partial charge in [-0.05, 0) is 48.7 Å². The highest BCUT2D eigenvalue weighted by atomic mass is 35.5. The van der Waals surface area contributed by atoms with E-state index in [4.69, 9.17) is 27.9 Å². The van der Waals surface area contributed by atoms with Gasteiger partial charge in [0.15, 0.2) is 6.10 Å². The van der Waals surface area contributed by atoms with Gasteiger partial charge in [-0.2, -0.15) is 0 Å². The fourth-order valence-corrected chi connectivity index (χ4v) is 2.38. The molecule has 0 aromatic heterocycles. The molecule has 5 heteroatoms. The van der Waals surface area contributed by atoms with Crippen LogP contribution in [-0.4, -0.2) is 12.0 Å². The summed E-state index contributed by atoms with van der Waals surface area (Å²) in [6.45, 7) is 3.99. The summed E-state index contributed by atoms with van der Waals surface area (Å²) in [4.78, 5) is 12.4. The van der Waals surface area contributed by atoms with Gasteiger partial charge in [0, 0.05) is 5.69 Å². The first kappa shape index (κ1) is 17.6. The van der Waals surface area contributed by atoms with Crippen LogP contribution in [0.3, 0.4) is 0 Å². The fraction of sp³-hybridized carbons (Fsp3) is 0.278. The molecule has 2 aromatic rings. The summed E-state index contributed by atoms with van der Waals surface area (Å²) in [5.74, 6) is 0.462. The zero-order valence-corrected chi connectivity index (χ0v) is 14.6. The molecule has 0 aliphatic rings. The van der Waals surface area contributed by atoms with Gasteiger partial charge in [-0.15, -0.1) is 0 Å². The number of halogens is 2. The summed E-state index contributed by atoms with van der Waals surface area (Å²) in [7, 11) is 0. The molecule has 0 radical (unpaired) electrons. The van der Waals surface area contributed by atoms with Crippen LogP contribution in [0.4, 0.5) is 5.69 Å². The average molecular weight is 352 g/mol. The van der Waals surface area contributed by atoms with Crippen molar-refractivity contribution in [3.8, 4) is 5.75 Å². The molecule has 0 saturated heterocycles. The van der Waals surface area contributed by atoms with Crippen LogP contribution in [0.15, 0.2) is 42.5 Å². The van der Waals surface area contributed by atoms with Crippen molar-refractivity contribution in [3.05, 3.63) is 58.1 Å². The number of ether oxygens (including phenoxy) is 1. The van der Waals surface area contributed by atoms with Gasteiger partial charge in [-0.25, -0.2) is 0 Å². The first-order valence-corrected chi connectivity index (χ1v) is 8.30. The zero-order valence-electron chi connectivity index (χ0n) is 13.1. The van der Waals surface area contributed by atoms with Crippen molar-refractivity contribution in [1.82, 2.24) is 0 Å². The molecule has 0 spiro atoms. The Labute approximate surface area is 146 Å². The molecule has 2 rings (SSSR count). The Kier molecular flexibility index (Phi) is 6.31. The molecule has 0 saturated carbocycles. The van der Waals surface area contributed by atoms with Gasteiger partial charge >= 0.3 is 0 Å². The normalized spacial score (nSPS) is 11.8. The molecule has 23 heavy (non-hydrogen) atoms. The maximum absolute atomic E-state index is 12.4. The van der Waals surface area contributed by atoms with E-state index in [9.17, 15) is 4.79 Å². The lowest BCUT2D eigenvalue weighted by Crippen LogP contribution is -2.32. The van der Waals surface area contributed by atoms with Crippen molar-refractivity contribution in [2.24, 2.45) is 0 Å². The van der Waals surface area contributed by atoms with Gasteiger partial charge in [-0.3, -0.25) is 4.79 Å². The fourth-order valence-electron chi connectivity index (χ4n) is 2.09. The lowest BCUT2D eigenvalue weighted by Gasteiger charge is -2.17. The third kappa shape index (κ3) is 4.88. The van der Waals surface area contributed by atoms with Crippen LogP contribution in [0.2, 0.25) is 10.0 Å². The number of nitrogens with one attached hydrogen (secondary N) is 1. The van der Waals surface area contributed by atoms with Crippen molar-refractivity contribution in [3.63, 3.8) is 0 Å². The predicted octanol–water partition coefficient (Wildman–Crippen LogP) is 5.35. The highest BCUT2D eigenvalue weighted by Gasteiger charge is 2.18. The minimum atomic E-state index is -0.572. The topological polar surface area (TPSA) is 38.3 Å². The lowest BCUT2D eigenvalue weighted by atomic mass is 10.1. The second kappa shape index (κ2) is 8.23. The smallest absolute Gasteiger partial charge is 0.265 e. The quantitative estimate of drug-likeness (QED) is 0.761. The van der Waals surface area contributed by atoms with Crippen LogP contribution in [0, 0.1) is 0 Å².